The van der Waals surface area contributed by atoms with Crippen molar-refractivity contribution in [3.05, 3.63) is 35.6 Å². The zero-order valence-corrected chi connectivity index (χ0v) is 14.0. The van der Waals surface area contributed by atoms with Gasteiger partial charge in [-0.2, -0.15) is 0 Å². The Bertz CT molecular complexity index is 589. The largest absolute Gasteiger partial charge is 0.337 e. The third kappa shape index (κ3) is 3.93. The van der Waals surface area contributed by atoms with Crippen molar-refractivity contribution in [2.75, 3.05) is 20.1 Å². The van der Waals surface area contributed by atoms with Crippen LogP contribution in [0.2, 0.25) is 0 Å². The molecule has 130 valence electrons. The molecule has 2 atom stereocenters. The lowest BCUT2D eigenvalue weighted by molar-refractivity contribution is -0.122. The predicted octanol–water partition coefficient (Wildman–Crippen LogP) is 2.16. The number of likely N-dealkylation sites (N-methyl/N-ethyl adjacent to an activating group) is 1. The highest BCUT2D eigenvalue weighted by Gasteiger charge is 2.42. The van der Waals surface area contributed by atoms with Crippen molar-refractivity contribution >= 4 is 11.8 Å². The summed E-state index contributed by atoms with van der Waals surface area (Å²) in [6.45, 7) is 1.98. The first-order valence-electron chi connectivity index (χ1n) is 8.54. The van der Waals surface area contributed by atoms with Gasteiger partial charge in [0.2, 0.25) is 0 Å². The van der Waals surface area contributed by atoms with E-state index in [0.717, 1.165) is 18.4 Å². The Morgan fingerprint density at radius 2 is 1.88 bits per heavy atom. The molecule has 6 heteroatoms. The number of halogens is 1. The van der Waals surface area contributed by atoms with E-state index in [2.05, 4.69) is 10.2 Å². The molecule has 2 saturated heterocycles. The van der Waals surface area contributed by atoms with Crippen molar-refractivity contribution in [3.8, 4) is 0 Å². The number of urea groups is 1. The van der Waals surface area contributed by atoms with Crippen LogP contribution in [0.15, 0.2) is 24.3 Å². The zero-order valence-electron chi connectivity index (χ0n) is 14.0. The van der Waals surface area contributed by atoms with Gasteiger partial charge in [-0.05, 0) is 37.6 Å². The number of ketones is 1. The first-order valence-corrected chi connectivity index (χ1v) is 8.54. The van der Waals surface area contributed by atoms with Gasteiger partial charge in [0.05, 0.1) is 0 Å². The molecular formula is C18H24FN3O2. The standard InChI is InChI=1S/C18H24FN3O2/c1-21(12-13-2-4-14(19)5-3-13)9-8-20-18(24)22-15-6-7-16(22)11-17(23)10-15/h2-5,15-16H,6-12H2,1H3,(H,20,24)/t15-,16-/m0/s1. The van der Waals surface area contributed by atoms with Crippen LogP contribution in [-0.4, -0.2) is 53.8 Å². The van der Waals surface area contributed by atoms with E-state index in [1.165, 1.54) is 12.1 Å². The van der Waals surface area contributed by atoms with Gasteiger partial charge in [-0.25, -0.2) is 9.18 Å². The molecule has 0 spiro atoms. The number of amides is 2. The number of fused-ring (bicyclic) bond motifs is 2. The summed E-state index contributed by atoms with van der Waals surface area (Å²) in [6, 6.07) is 6.59. The zero-order chi connectivity index (χ0) is 17.1. The molecular weight excluding hydrogens is 309 g/mol. The highest BCUT2D eigenvalue weighted by molar-refractivity contribution is 5.84. The van der Waals surface area contributed by atoms with Gasteiger partial charge < -0.3 is 15.1 Å². The molecule has 0 aliphatic carbocycles. The molecule has 1 aromatic rings. The monoisotopic (exact) mass is 333 g/mol. The van der Waals surface area contributed by atoms with Gasteiger partial charge in [-0.1, -0.05) is 12.1 Å². The van der Waals surface area contributed by atoms with Gasteiger partial charge in [-0.15, -0.1) is 0 Å². The molecule has 5 nitrogen and oxygen atoms in total. The molecule has 0 radical (unpaired) electrons. The Balaban J connectivity index is 1.42. The SMILES string of the molecule is CN(CCNC(=O)N1[C@H]2CC[C@H]1CC(=O)C2)Cc1ccc(F)cc1. The van der Waals surface area contributed by atoms with Crippen molar-refractivity contribution < 1.29 is 14.0 Å². The van der Waals surface area contributed by atoms with Crippen molar-refractivity contribution in [1.29, 1.82) is 0 Å². The number of piperidine rings is 1. The summed E-state index contributed by atoms with van der Waals surface area (Å²) < 4.78 is 12.9. The normalized spacial score (nSPS) is 23.0. The van der Waals surface area contributed by atoms with Gasteiger partial charge in [-0.3, -0.25) is 4.79 Å². The van der Waals surface area contributed by atoms with Crippen molar-refractivity contribution in [3.63, 3.8) is 0 Å². The number of rotatable bonds is 5. The summed E-state index contributed by atoms with van der Waals surface area (Å²) in [6.07, 6.45) is 2.89. The highest BCUT2D eigenvalue weighted by Crippen LogP contribution is 2.33. The topological polar surface area (TPSA) is 52.7 Å². The Kier molecular flexibility index (Phi) is 5.14. The number of benzene rings is 1. The molecule has 2 heterocycles. The lowest BCUT2D eigenvalue weighted by Crippen LogP contribution is -2.51. The van der Waals surface area contributed by atoms with E-state index in [1.54, 1.807) is 12.1 Å². The lowest BCUT2D eigenvalue weighted by atomic mass is 10.0. The number of hydrogen-bond acceptors (Lipinski definition) is 3. The second-order valence-corrected chi connectivity index (χ2v) is 6.84. The molecule has 2 aliphatic heterocycles. The molecule has 0 unspecified atom stereocenters. The van der Waals surface area contributed by atoms with Crippen LogP contribution in [0, 0.1) is 5.82 Å². The van der Waals surface area contributed by atoms with Crippen LogP contribution in [-0.2, 0) is 11.3 Å². The van der Waals surface area contributed by atoms with E-state index >= 15 is 0 Å². The number of Topliss-reactive ketones (excluding diaryl/α,β-unsaturated/α-hetero) is 1. The van der Waals surface area contributed by atoms with Gasteiger partial charge >= 0.3 is 6.03 Å². The Hall–Kier alpha value is -1.95. The third-order valence-corrected chi connectivity index (χ3v) is 4.92. The fourth-order valence-electron chi connectivity index (χ4n) is 3.73. The van der Waals surface area contributed by atoms with Crippen LogP contribution in [0.1, 0.15) is 31.2 Å². The predicted molar refractivity (Wildman–Crippen MR) is 89.0 cm³/mol. The fraction of sp³-hybridized carbons (Fsp3) is 0.556. The summed E-state index contributed by atoms with van der Waals surface area (Å²) in [5.41, 5.74) is 1.04. The van der Waals surface area contributed by atoms with Crippen LogP contribution < -0.4 is 5.32 Å². The second kappa shape index (κ2) is 7.30. The Morgan fingerprint density at radius 1 is 1.25 bits per heavy atom. The van der Waals surface area contributed by atoms with Gasteiger partial charge in [0, 0.05) is 44.6 Å². The lowest BCUT2D eigenvalue weighted by Gasteiger charge is -2.34. The second-order valence-electron chi connectivity index (χ2n) is 6.84. The first-order chi connectivity index (χ1) is 11.5. The maximum Gasteiger partial charge on any atom is 0.317 e. The summed E-state index contributed by atoms with van der Waals surface area (Å²) in [5, 5.41) is 2.97. The Labute approximate surface area is 141 Å². The average Bonchev–Trinajstić information content (AvgIpc) is 2.81. The number of nitrogens with one attached hydrogen (secondary N) is 1. The summed E-state index contributed by atoms with van der Waals surface area (Å²) in [7, 11) is 1.97. The molecule has 2 bridgehead atoms. The summed E-state index contributed by atoms with van der Waals surface area (Å²) in [4.78, 5) is 27.9. The smallest absolute Gasteiger partial charge is 0.317 e. The van der Waals surface area contributed by atoms with E-state index in [-0.39, 0.29) is 29.7 Å². The molecule has 2 aliphatic rings. The number of nitrogens with zero attached hydrogens (tertiary/aromatic N) is 2. The van der Waals surface area contributed by atoms with Crippen LogP contribution in [0.4, 0.5) is 9.18 Å². The molecule has 1 aromatic carbocycles. The molecule has 2 amide bonds. The van der Waals surface area contributed by atoms with E-state index in [4.69, 9.17) is 0 Å². The minimum absolute atomic E-state index is 0.0508. The maximum atomic E-state index is 12.9. The number of carbonyl (C=O) groups excluding carboxylic acids is 2. The molecule has 2 fully saturated rings. The van der Waals surface area contributed by atoms with E-state index < -0.39 is 0 Å². The highest BCUT2D eigenvalue weighted by atomic mass is 19.1. The summed E-state index contributed by atoms with van der Waals surface area (Å²) in [5.74, 6) is 0.0499. The van der Waals surface area contributed by atoms with Crippen molar-refractivity contribution in [2.24, 2.45) is 0 Å². The summed E-state index contributed by atoms with van der Waals surface area (Å²) >= 11 is 0. The molecule has 0 saturated carbocycles. The van der Waals surface area contributed by atoms with Crippen molar-refractivity contribution in [2.45, 2.75) is 44.3 Å². The quantitative estimate of drug-likeness (QED) is 0.898. The van der Waals surface area contributed by atoms with E-state index in [1.807, 2.05) is 11.9 Å². The third-order valence-electron chi connectivity index (χ3n) is 4.92. The van der Waals surface area contributed by atoms with Crippen molar-refractivity contribution in [1.82, 2.24) is 15.1 Å². The van der Waals surface area contributed by atoms with Crippen LogP contribution in [0.5, 0.6) is 0 Å². The minimum Gasteiger partial charge on any atom is -0.337 e. The molecule has 3 rings (SSSR count). The fourth-order valence-corrected chi connectivity index (χ4v) is 3.73. The van der Waals surface area contributed by atoms with Crippen LogP contribution >= 0.6 is 0 Å². The van der Waals surface area contributed by atoms with Crippen LogP contribution in [0.3, 0.4) is 0 Å². The van der Waals surface area contributed by atoms with Gasteiger partial charge in [0.15, 0.2) is 0 Å². The molecule has 0 aromatic heterocycles. The van der Waals surface area contributed by atoms with E-state index in [9.17, 15) is 14.0 Å². The Morgan fingerprint density at radius 3 is 2.50 bits per heavy atom. The molecule has 24 heavy (non-hydrogen) atoms. The molecule has 1 N–H and O–H groups in total. The maximum absolute atomic E-state index is 12.9. The van der Waals surface area contributed by atoms with E-state index in [0.29, 0.717) is 32.5 Å². The van der Waals surface area contributed by atoms with Gasteiger partial charge in [0.1, 0.15) is 11.6 Å². The minimum atomic E-state index is -0.233. The average molecular weight is 333 g/mol. The number of carbonyl (C=O) groups is 2. The van der Waals surface area contributed by atoms with Gasteiger partial charge in [0.25, 0.3) is 0 Å². The first kappa shape index (κ1) is 16.9. The van der Waals surface area contributed by atoms with Crippen LogP contribution in [0.25, 0.3) is 0 Å². The number of hydrogen-bond donors (Lipinski definition) is 1.